The van der Waals surface area contributed by atoms with E-state index < -0.39 is 21.9 Å². The van der Waals surface area contributed by atoms with Gasteiger partial charge in [0.1, 0.15) is 5.82 Å². The Bertz CT molecular complexity index is 1230. The largest absolute Gasteiger partial charge is 0.326 e. The minimum atomic E-state index is -3.92. The van der Waals surface area contributed by atoms with Crippen molar-refractivity contribution in [3.05, 3.63) is 95.8 Å². The molecule has 3 aromatic rings. The summed E-state index contributed by atoms with van der Waals surface area (Å²) in [6, 6.07) is 20.3. The first kappa shape index (κ1) is 20.7. The summed E-state index contributed by atoms with van der Waals surface area (Å²) < 4.78 is 41.2. The number of amides is 1. The van der Waals surface area contributed by atoms with Gasteiger partial charge in [0.2, 0.25) is 5.91 Å². The Morgan fingerprint density at radius 2 is 1.65 bits per heavy atom. The van der Waals surface area contributed by atoms with Crippen molar-refractivity contribution in [1.82, 2.24) is 4.41 Å². The van der Waals surface area contributed by atoms with Crippen LogP contribution in [0.2, 0.25) is 0 Å². The molecule has 6 nitrogen and oxygen atoms in total. The van der Waals surface area contributed by atoms with E-state index in [-0.39, 0.29) is 10.8 Å². The number of carbonyl (C=O) groups excluding carboxylic acids is 1. The van der Waals surface area contributed by atoms with Gasteiger partial charge in [-0.15, -0.1) is 0 Å². The number of nitrogens with zero attached hydrogens (tertiary/aromatic N) is 2. The Morgan fingerprint density at radius 1 is 1.00 bits per heavy atom. The predicted molar refractivity (Wildman–Crippen MR) is 117 cm³/mol. The molecule has 1 aliphatic heterocycles. The van der Waals surface area contributed by atoms with Crippen LogP contribution in [0.3, 0.4) is 0 Å². The molecule has 31 heavy (non-hydrogen) atoms. The molecule has 3 aromatic carbocycles. The van der Waals surface area contributed by atoms with Gasteiger partial charge < -0.3 is 5.32 Å². The third-order valence-corrected chi connectivity index (χ3v) is 6.65. The first-order valence-corrected chi connectivity index (χ1v) is 11.1. The number of benzene rings is 3. The molecule has 1 aliphatic rings. The summed E-state index contributed by atoms with van der Waals surface area (Å²) in [5.41, 5.74) is 2.61. The number of rotatable bonds is 5. The highest BCUT2D eigenvalue weighted by Crippen LogP contribution is 2.37. The maximum atomic E-state index is 13.4. The lowest BCUT2D eigenvalue weighted by molar-refractivity contribution is -0.114. The minimum Gasteiger partial charge on any atom is -0.326 e. The predicted octanol–water partition coefficient (Wildman–Crippen LogP) is 4.32. The van der Waals surface area contributed by atoms with Gasteiger partial charge in [0.15, 0.2) is 0 Å². The zero-order valence-corrected chi connectivity index (χ0v) is 17.5. The van der Waals surface area contributed by atoms with Gasteiger partial charge in [0.25, 0.3) is 10.0 Å². The van der Waals surface area contributed by atoms with E-state index in [9.17, 15) is 17.6 Å². The number of hydrogen-bond acceptors (Lipinski definition) is 4. The van der Waals surface area contributed by atoms with E-state index in [0.29, 0.717) is 23.4 Å². The van der Waals surface area contributed by atoms with Crippen LogP contribution in [0.4, 0.5) is 10.1 Å². The fourth-order valence-corrected chi connectivity index (χ4v) is 4.92. The number of anilines is 1. The van der Waals surface area contributed by atoms with Crippen molar-refractivity contribution in [3.8, 4) is 0 Å². The summed E-state index contributed by atoms with van der Waals surface area (Å²) in [5.74, 6) is -0.573. The third kappa shape index (κ3) is 4.34. The number of halogens is 1. The lowest BCUT2D eigenvalue weighted by Gasteiger charge is -2.23. The monoisotopic (exact) mass is 437 g/mol. The van der Waals surface area contributed by atoms with Gasteiger partial charge in [-0.05, 0) is 47.5 Å². The fourth-order valence-electron chi connectivity index (χ4n) is 3.47. The highest BCUT2D eigenvalue weighted by atomic mass is 32.2. The summed E-state index contributed by atoms with van der Waals surface area (Å²) in [6.45, 7) is 1.43. The molecule has 4 rings (SSSR count). The van der Waals surface area contributed by atoms with Crippen molar-refractivity contribution in [2.75, 3.05) is 5.32 Å². The van der Waals surface area contributed by atoms with Crippen LogP contribution in [-0.4, -0.2) is 24.5 Å². The van der Waals surface area contributed by atoms with Crippen LogP contribution in [0.15, 0.2) is 88.9 Å². The standard InChI is InChI=1S/C23H20FN3O3S/c1-16(28)25-20-13-9-17(10-14-20)22-15-23(18-7-11-19(24)12-8-18)27(26-22)31(29,30)21-5-3-2-4-6-21/h2-14,23H,15H2,1H3,(H,25,28)/t23-/m0/s1. The van der Waals surface area contributed by atoms with Crippen LogP contribution >= 0.6 is 0 Å². The maximum absolute atomic E-state index is 13.4. The first-order chi connectivity index (χ1) is 14.8. The molecule has 158 valence electrons. The average molecular weight is 437 g/mol. The molecule has 0 spiro atoms. The van der Waals surface area contributed by atoms with Crippen LogP contribution in [-0.2, 0) is 14.8 Å². The molecule has 0 bridgehead atoms. The highest BCUT2D eigenvalue weighted by molar-refractivity contribution is 7.89. The molecule has 0 aliphatic carbocycles. The molecule has 8 heteroatoms. The molecule has 0 saturated heterocycles. The topological polar surface area (TPSA) is 78.8 Å². The van der Waals surface area contributed by atoms with Crippen molar-refractivity contribution in [3.63, 3.8) is 0 Å². The Hall–Kier alpha value is -3.52. The van der Waals surface area contributed by atoms with Gasteiger partial charge in [0, 0.05) is 19.0 Å². The number of carbonyl (C=O) groups is 1. The second-order valence-corrected chi connectivity index (χ2v) is 8.96. The average Bonchev–Trinajstić information content (AvgIpc) is 3.21. The quantitative estimate of drug-likeness (QED) is 0.646. The second kappa shape index (κ2) is 8.31. The van der Waals surface area contributed by atoms with Crippen molar-refractivity contribution in [2.45, 2.75) is 24.3 Å². The first-order valence-electron chi connectivity index (χ1n) is 9.65. The number of hydrogen-bond donors (Lipinski definition) is 1. The zero-order chi connectivity index (χ0) is 22.0. The maximum Gasteiger partial charge on any atom is 0.279 e. The zero-order valence-electron chi connectivity index (χ0n) is 16.7. The number of nitrogens with one attached hydrogen (secondary N) is 1. The van der Waals surface area contributed by atoms with Gasteiger partial charge in [-0.1, -0.05) is 42.5 Å². The molecule has 0 aromatic heterocycles. The molecule has 1 atom stereocenters. The highest BCUT2D eigenvalue weighted by Gasteiger charge is 2.37. The minimum absolute atomic E-state index is 0.133. The fraction of sp³-hybridized carbons (Fsp3) is 0.130. The molecular formula is C23H20FN3O3S. The molecular weight excluding hydrogens is 417 g/mol. The van der Waals surface area contributed by atoms with Gasteiger partial charge in [-0.3, -0.25) is 4.79 Å². The van der Waals surface area contributed by atoms with Gasteiger partial charge in [-0.2, -0.15) is 17.9 Å². The van der Waals surface area contributed by atoms with Gasteiger partial charge in [0.05, 0.1) is 16.6 Å². The molecule has 0 saturated carbocycles. The Labute approximate surface area is 180 Å². The van der Waals surface area contributed by atoms with E-state index in [1.165, 1.54) is 31.2 Å². The van der Waals surface area contributed by atoms with E-state index in [4.69, 9.17) is 0 Å². The van der Waals surface area contributed by atoms with Crippen molar-refractivity contribution in [2.24, 2.45) is 5.10 Å². The summed E-state index contributed by atoms with van der Waals surface area (Å²) in [6.07, 6.45) is 0.331. The molecule has 0 fully saturated rings. The van der Waals surface area contributed by atoms with Gasteiger partial charge in [-0.25, -0.2) is 4.39 Å². The van der Waals surface area contributed by atoms with E-state index in [1.807, 2.05) is 0 Å². The van der Waals surface area contributed by atoms with E-state index in [1.54, 1.807) is 54.6 Å². The Morgan fingerprint density at radius 3 is 2.26 bits per heavy atom. The number of sulfonamides is 1. The van der Waals surface area contributed by atoms with Crippen LogP contribution in [0.1, 0.15) is 30.5 Å². The van der Waals surface area contributed by atoms with E-state index in [0.717, 1.165) is 9.98 Å². The molecule has 0 unspecified atom stereocenters. The SMILES string of the molecule is CC(=O)Nc1ccc(C2=NN(S(=O)(=O)c3ccccc3)[C@H](c3ccc(F)cc3)C2)cc1. The Balaban J connectivity index is 1.73. The van der Waals surface area contributed by atoms with Crippen molar-refractivity contribution < 1.29 is 17.6 Å². The molecule has 1 N–H and O–H groups in total. The molecule has 0 radical (unpaired) electrons. The molecule has 1 amide bonds. The van der Waals surface area contributed by atoms with E-state index in [2.05, 4.69) is 10.4 Å². The van der Waals surface area contributed by atoms with Crippen molar-refractivity contribution in [1.29, 1.82) is 0 Å². The van der Waals surface area contributed by atoms with Crippen LogP contribution in [0.25, 0.3) is 0 Å². The third-order valence-electron chi connectivity index (χ3n) is 4.95. The van der Waals surface area contributed by atoms with E-state index >= 15 is 0 Å². The van der Waals surface area contributed by atoms with Crippen LogP contribution < -0.4 is 5.32 Å². The second-order valence-electron chi connectivity index (χ2n) is 7.17. The lowest BCUT2D eigenvalue weighted by atomic mass is 9.99. The van der Waals surface area contributed by atoms with Crippen LogP contribution in [0, 0.1) is 5.82 Å². The number of hydrazone groups is 1. The summed E-state index contributed by atoms with van der Waals surface area (Å²) in [5, 5.41) is 7.15. The van der Waals surface area contributed by atoms with Gasteiger partial charge >= 0.3 is 0 Å². The lowest BCUT2D eigenvalue weighted by Crippen LogP contribution is -2.27. The smallest absolute Gasteiger partial charge is 0.279 e. The van der Waals surface area contributed by atoms with Crippen LogP contribution in [0.5, 0.6) is 0 Å². The Kier molecular flexibility index (Phi) is 5.56. The van der Waals surface area contributed by atoms with Crippen molar-refractivity contribution >= 4 is 27.3 Å². The summed E-state index contributed by atoms with van der Waals surface area (Å²) in [4.78, 5) is 11.4. The summed E-state index contributed by atoms with van der Waals surface area (Å²) in [7, 11) is -3.92. The summed E-state index contributed by atoms with van der Waals surface area (Å²) >= 11 is 0. The molecule has 1 heterocycles. The normalized spacial score (nSPS) is 16.1.